The highest BCUT2D eigenvalue weighted by atomic mass is 19.1. The first-order valence-electron chi connectivity index (χ1n) is 7.24. The first-order chi connectivity index (χ1) is 10.1. The first kappa shape index (κ1) is 15.9. The molecule has 6 heteroatoms. The van der Waals surface area contributed by atoms with Crippen LogP contribution in [-0.4, -0.2) is 60.1 Å². The molecule has 21 heavy (non-hydrogen) atoms. The molecule has 1 amide bonds. The summed E-state index contributed by atoms with van der Waals surface area (Å²) in [6.45, 7) is 4.82. The SMILES string of the molecule is NC(=O)c1ccc(F)c(CN2CCCN(CCO)CC2)c1. The summed E-state index contributed by atoms with van der Waals surface area (Å²) in [5.41, 5.74) is 6.08. The van der Waals surface area contributed by atoms with Gasteiger partial charge in [-0.2, -0.15) is 0 Å². The number of carbonyl (C=O) groups excluding carboxylic acids is 1. The first-order valence-corrected chi connectivity index (χ1v) is 7.24. The van der Waals surface area contributed by atoms with Crippen molar-refractivity contribution in [1.29, 1.82) is 0 Å². The van der Waals surface area contributed by atoms with Gasteiger partial charge in [-0.25, -0.2) is 4.39 Å². The lowest BCUT2D eigenvalue weighted by atomic mass is 10.1. The summed E-state index contributed by atoms with van der Waals surface area (Å²) in [6.07, 6.45) is 0.983. The van der Waals surface area contributed by atoms with Crippen LogP contribution in [0, 0.1) is 5.82 Å². The minimum Gasteiger partial charge on any atom is -0.395 e. The summed E-state index contributed by atoms with van der Waals surface area (Å²) in [5, 5.41) is 8.98. The lowest BCUT2D eigenvalue weighted by molar-refractivity contribution is 0.1000. The van der Waals surface area contributed by atoms with Crippen molar-refractivity contribution in [2.75, 3.05) is 39.3 Å². The van der Waals surface area contributed by atoms with Crippen molar-refractivity contribution in [3.63, 3.8) is 0 Å². The summed E-state index contributed by atoms with van der Waals surface area (Å²) in [4.78, 5) is 15.6. The highest BCUT2D eigenvalue weighted by Crippen LogP contribution is 2.14. The molecular formula is C15H22FN3O2. The van der Waals surface area contributed by atoms with Gasteiger partial charge >= 0.3 is 0 Å². The van der Waals surface area contributed by atoms with Crippen LogP contribution in [0.3, 0.4) is 0 Å². The van der Waals surface area contributed by atoms with Gasteiger partial charge in [-0.1, -0.05) is 0 Å². The van der Waals surface area contributed by atoms with Gasteiger partial charge in [-0.05, 0) is 37.7 Å². The maximum absolute atomic E-state index is 13.9. The van der Waals surface area contributed by atoms with E-state index in [4.69, 9.17) is 10.8 Å². The van der Waals surface area contributed by atoms with Crippen molar-refractivity contribution in [2.45, 2.75) is 13.0 Å². The van der Waals surface area contributed by atoms with Crippen LogP contribution in [0.15, 0.2) is 18.2 Å². The Labute approximate surface area is 124 Å². The fourth-order valence-corrected chi connectivity index (χ4v) is 2.64. The van der Waals surface area contributed by atoms with Crippen molar-refractivity contribution in [1.82, 2.24) is 9.80 Å². The fourth-order valence-electron chi connectivity index (χ4n) is 2.64. The van der Waals surface area contributed by atoms with Crippen LogP contribution in [0.2, 0.25) is 0 Å². The van der Waals surface area contributed by atoms with E-state index < -0.39 is 5.91 Å². The molecule has 1 aromatic carbocycles. The van der Waals surface area contributed by atoms with Gasteiger partial charge < -0.3 is 10.8 Å². The quantitative estimate of drug-likeness (QED) is 0.826. The highest BCUT2D eigenvalue weighted by molar-refractivity contribution is 5.92. The van der Waals surface area contributed by atoms with Gasteiger partial charge in [-0.15, -0.1) is 0 Å². The number of halogens is 1. The number of hydrogen-bond acceptors (Lipinski definition) is 4. The molecule has 3 N–H and O–H groups in total. The van der Waals surface area contributed by atoms with Crippen molar-refractivity contribution < 1.29 is 14.3 Å². The minimum absolute atomic E-state index is 0.162. The summed E-state index contributed by atoms with van der Waals surface area (Å²) in [7, 11) is 0. The average Bonchev–Trinajstić information content (AvgIpc) is 2.67. The minimum atomic E-state index is -0.541. The predicted molar refractivity (Wildman–Crippen MR) is 78.3 cm³/mol. The number of β-amino-alcohol motifs (C(OH)–C–C–N with tert-alkyl or cyclic N) is 1. The molecule has 0 unspecified atom stereocenters. The molecule has 0 spiro atoms. The molecule has 5 nitrogen and oxygen atoms in total. The van der Waals surface area contributed by atoms with Crippen LogP contribution in [0.4, 0.5) is 4.39 Å². The average molecular weight is 295 g/mol. The molecule has 0 aromatic heterocycles. The third-order valence-corrected chi connectivity index (χ3v) is 3.82. The summed E-state index contributed by atoms with van der Waals surface area (Å²) in [5.74, 6) is -0.849. The van der Waals surface area contributed by atoms with Crippen LogP contribution in [-0.2, 0) is 6.54 Å². The molecule has 1 aromatic rings. The lowest BCUT2D eigenvalue weighted by Gasteiger charge is -2.21. The van der Waals surface area contributed by atoms with E-state index in [0.717, 1.165) is 32.6 Å². The normalized spacial score (nSPS) is 17.6. The number of rotatable bonds is 5. The molecule has 0 aliphatic carbocycles. The second-order valence-corrected chi connectivity index (χ2v) is 5.37. The Morgan fingerprint density at radius 2 is 1.95 bits per heavy atom. The van der Waals surface area contributed by atoms with Gasteiger partial charge in [0.25, 0.3) is 0 Å². The molecule has 0 bridgehead atoms. The Morgan fingerprint density at radius 1 is 1.24 bits per heavy atom. The monoisotopic (exact) mass is 295 g/mol. The molecule has 0 radical (unpaired) electrons. The van der Waals surface area contributed by atoms with Crippen LogP contribution in [0.5, 0.6) is 0 Å². The predicted octanol–water partition coefficient (Wildman–Crippen LogP) is 0.425. The second-order valence-electron chi connectivity index (χ2n) is 5.37. The van der Waals surface area contributed by atoms with E-state index in [1.54, 1.807) is 0 Å². The Hall–Kier alpha value is -1.50. The molecule has 0 atom stereocenters. The number of nitrogens with two attached hydrogens (primary N) is 1. The number of amides is 1. The molecule has 1 aliphatic rings. The fraction of sp³-hybridized carbons (Fsp3) is 0.533. The molecule has 0 saturated carbocycles. The van der Waals surface area contributed by atoms with Gasteiger partial charge in [0.05, 0.1) is 6.61 Å². The van der Waals surface area contributed by atoms with E-state index >= 15 is 0 Å². The van der Waals surface area contributed by atoms with E-state index in [-0.39, 0.29) is 12.4 Å². The third kappa shape index (κ3) is 4.49. The molecule has 116 valence electrons. The topological polar surface area (TPSA) is 69.8 Å². The summed E-state index contributed by atoms with van der Waals surface area (Å²) >= 11 is 0. The maximum atomic E-state index is 13.9. The number of hydrogen-bond donors (Lipinski definition) is 2. The zero-order valence-electron chi connectivity index (χ0n) is 12.1. The van der Waals surface area contributed by atoms with Gasteiger partial charge in [0.15, 0.2) is 0 Å². The van der Waals surface area contributed by atoms with E-state index in [1.807, 2.05) is 0 Å². The summed E-state index contributed by atoms with van der Waals surface area (Å²) < 4.78 is 13.9. The van der Waals surface area contributed by atoms with Gasteiger partial charge in [0, 0.05) is 37.3 Å². The number of carbonyl (C=O) groups is 1. The van der Waals surface area contributed by atoms with Gasteiger partial charge in [0.1, 0.15) is 5.82 Å². The van der Waals surface area contributed by atoms with Crippen molar-refractivity contribution in [3.8, 4) is 0 Å². The Morgan fingerprint density at radius 3 is 2.67 bits per heavy atom. The molecule has 1 saturated heterocycles. The number of primary amides is 1. The number of aliphatic hydroxyl groups is 1. The van der Waals surface area contributed by atoms with E-state index in [1.165, 1.54) is 18.2 Å². The zero-order chi connectivity index (χ0) is 15.2. The molecule has 1 aliphatic heterocycles. The molecule has 1 heterocycles. The van der Waals surface area contributed by atoms with Crippen LogP contribution in [0.25, 0.3) is 0 Å². The van der Waals surface area contributed by atoms with Gasteiger partial charge in [-0.3, -0.25) is 14.6 Å². The molecular weight excluding hydrogens is 273 g/mol. The number of aliphatic hydroxyl groups excluding tert-OH is 1. The largest absolute Gasteiger partial charge is 0.395 e. The number of nitrogens with zero attached hydrogens (tertiary/aromatic N) is 2. The van der Waals surface area contributed by atoms with Crippen LogP contribution in [0.1, 0.15) is 22.3 Å². The van der Waals surface area contributed by atoms with Crippen molar-refractivity contribution in [3.05, 3.63) is 35.1 Å². The Kier molecular flexibility index (Phi) is 5.67. The van der Waals surface area contributed by atoms with Crippen molar-refractivity contribution in [2.24, 2.45) is 5.73 Å². The van der Waals surface area contributed by atoms with E-state index in [2.05, 4.69) is 9.80 Å². The Bertz CT molecular complexity index is 496. The highest BCUT2D eigenvalue weighted by Gasteiger charge is 2.16. The van der Waals surface area contributed by atoms with E-state index in [0.29, 0.717) is 24.2 Å². The Balaban J connectivity index is 2.01. The van der Waals surface area contributed by atoms with E-state index in [9.17, 15) is 9.18 Å². The second kappa shape index (κ2) is 7.49. The standard InChI is InChI=1S/C15H22FN3O2/c16-14-3-2-12(15(17)21)10-13(14)11-19-5-1-4-18(6-7-19)8-9-20/h2-3,10,20H,1,4-9,11H2,(H2,17,21). The van der Waals surface area contributed by atoms with Crippen LogP contribution < -0.4 is 5.73 Å². The zero-order valence-corrected chi connectivity index (χ0v) is 12.1. The molecule has 2 rings (SSSR count). The van der Waals surface area contributed by atoms with Gasteiger partial charge in [0.2, 0.25) is 5.91 Å². The maximum Gasteiger partial charge on any atom is 0.248 e. The smallest absolute Gasteiger partial charge is 0.248 e. The van der Waals surface area contributed by atoms with Crippen LogP contribution >= 0.6 is 0 Å². The molecule has 1 fully saturated rings. The summed E-state index contributed by atoms with van der Waals surface area (Å²) in [6, 6.07) is 4.24. The lowest BCUT2D eigenvalue weighted by Crippen LogP contribution is -2.32. The third-order valence-electron chi connectivity index (χ3n) is 3.82. The van der Waals surface area contributed by atoms with Crippen molar-refractivity contribution >= 4 is 5.91 Å². The number of benzene rings is 1.